The van der Waals surface area contributed by atoms with Crippen LogP contribution in [0.4, 0.5) is 10.1 Å². The van der Waals surface area contributed by atoms with Crippen LogP contribution in [0.25, 0.3) is 11.1 Å². The van der Waals surface area contributed by atoms with Crippen LogP contribution in [-0.4, -0.2) is 0 Å². The van der Waals surface area contributed by atoms with Crippen molar-refractivity contribution in [1.82, 2.24) is 0 Å². The van der Waals surface area contributed by atoms with Crippen molar-refractivity contribution in [1.29, 1.82) is 0 Å². The first-order valence-corrected chi connectivity index (χ1v) is 5.92. The summed E-state index contributed by atoms with van der Waals surface area (Å²) in [6.45, 7) is 0. The minimum Gasteiger partial charge on any atom is -0.396 e. The molecule has 0 bridgehead atoms. The van der Waals surface area contributed by atoms with Crippen LogP contribution >= 0.6 is 0 Å². The standard InChI is InChI=1S/C15H14FN/c16-14-6-2-5-13(15(14)17)12-8-7-10-3-1-4-11(10)9-12/h2,5-9H,1,3-4,17H2. The van der Waals surface area contributed by atoms with Gasteiger partial charge in [-0.3, -0.25) is 0 Å². The summed E-state index contributed by atoms with van der Waals surface area (Å²) in [6, 6.07) is 11.3. The van der Waals surface area contributed by atoms with Crippen LogP contribution in [0, 0.1) is 5.82 Å². The van der Waals surface area contributed by atoms with E-state index in [0.717, 1.165) is 24.0 Å². The number of rotatable bonds is 1. The van der Waals surface area contributed by atoms with Crippen molar-refractivity contribution in [3.63, 3.8) is 0 Å². The average molecular weight is 227 g/mol. The number of hydrogen-bond donors (Lipinski definition) is 1. The number of nitrogen functional groups attached to an aromatic ring is 1. The molecule has 0 fully saturated rings. The van der Waals surface area contributed by atoms with Crippen molar-refractivity contribution in [3.8, 4) is 11.1 Å². The number of anilines is 1. The van der Waals surface area contributed by atoms with E-state index in [1.54, 1.807) is 6.07 Å². The summed E-state index contributed by atoms with van der Waals surface area (Å²) >= 11 is 0. The number of nitrogens with two attached hydrogens (primary N) is 1. The van der Waals surface area contributed by atoms with Crippen molar-refractivity contribution in [3.05, 3.63) is 53.3 Å². The molecular formula is C15H14FN. The second-order valence-corrected chi connectivity index (χ2v) is 4.54. The van der Waals surface area contributed by atoms with Gasteiger partial charge < -0.3 is 5.73 Å². The van der Waals surface area contributed by atoms with E-state index >= 15 is 0 Å². The molecule has 0 aliphatic heterocycles. The SMILES string of the molecule is Nc1c(F)cccc1-c1ccc2c(c1)CCC2. The summed E-state index contributed by atoms with van der Waals surface area (Å²) in [5.41, 5.74) is 10.6. The fourth-order valence-corrected chi connectivity index (χ4v) is 2.53. The predicted octanol–water partition coefficient (Wildman–Crippen LogP) is 3.56. The fourth-order valence-electron chi connectivity index (χ4n) is 2.53. The normalized spacial score (nSPS) is 13.7. The number of para-hydroxylation sites is 1. The van der Waals surface area contributed by atoms with Crippen LogP contribution in [0.3, 0.4) is 0 Å². The molecule has 0 aromatic heterocycles. The molecule has 86 valence electrons. The maximum Gasteiger partial charge on any atom is 0.146 e. The van der Waals surface area contributed by atoms with E-state index in [1.807, 2.05) is 12.1 Å². The maximum absolute atomic E-state index is 13.4. The lowest BCUT2D eigenvalue weighted by Gasteiger charge is -2.08. The second-order valence-electron chi connectivity index (χ2n) is 4.54. The molecule has 0 atom stereocenters. The molecular weight excluding hydrogens is 213 g/mol. The Hall–Kier alpha value is -1.83. The van der Waals surface area contributed by atoms with Crippen LogP contribution in [0.5, 0.6) is 0 Å². The van der Waals surface area contributed by atoms with Gasteiger partial charge in [0.15, 0.2) is 0 Å². The first kappa shape index (κ1) is 10.3. The van der Waals surface area contributed by atoms with Gasteiger partial charge in [-0.2, -0.15) is 0 Å². The van der Waals surface area contributed by atoms with Crippen LogP contribution in [-0.2, 0) is 12.8 Å². The summed E-state index contributed by atoms with van der Waals surface area (Å²) in [7, 11) is 0. The molecule has 0 saturated heterocycles. The fraction of sp³-hybridized carbons (Fsp3) is 0.200. The molecule has 0 saturated carbocycles. The molecule has 0 heterocycles. The van der Waals surface area contributed by atoms with Gasteiger partial charge in [0.1, 0.15) is 5.82 Å². The molecule has 1 aliphatic rings. The van der Waals surface area contributed by atoms with Crippen LogP contribution in [0.15, 0.2) is 36.4 Å². The van der Waals surface area contributed by atoms with E-state index in [2.05, 4.69) is 12.1 Å². The van der Waals surface area contributed by atoms with Crippen molar-refractivity contribution in [2.75, 3.05) is 5.73 Å². The largest absolute Gasteiger partial charge is 0.396 e. The molecule has 1 aliphatic carbocycles. The zero-order valence-electron chi connectivity index (χ0n) is 9.54. The number of halogens is 1. The quantitative estimate of drug-likeness (QED) is 0.740. The Labute approximate surface area is 100 Å². The maximum atomic E-state index is 13.4. The van der Waals surface area contributed by atoms with Crippen molar-refractivity contribution in [2.45, 2.75) is 19.3 Å². The van der Waals surface area contributed by atoms with Gasteiger partial charge in [-0.1, -0.05) is 30.3 Å². The van der Waals surface area contributed by atoms with Crippen LogP contribution in [0.1, 0.15) is 17.5 Å². The number of fused-ring (bicyclic) bond motifs is 1. The summed E-state index contributed by atoms with van der Waals surface area (Å²) in [5, 5.41) is 0. The zero-order chi connectivity index (χ0) is 11.8. The molecule has 2 aromatic rings. The second kappa shape index (κ2) is 3.88. The number of aryl methyl sites for hydroxylation is 2. The van der Waals surface area contributed by atoms with Gasteiger partial charge in [0.25, 0.3) is 0 Å². The Balaban J connectivity index is 2.13. The lowest BCUT2D eigenvalue weighted by Crippen LogP contribution is -1.94. The van der Waals surface area contributed by atoms with E-state index in [9.17, 15) is 4.39 Å². The van der Waals surface area contributed by atoms with Crippen molar-refractivity contribution >= 4 is 5.69 Å². The molecule has 1 nitrogen and oxygen atoms in total. The Kier molecular flexibility index (Phi) is 2.36. The zero-order valence-corrected chi connectivity index (χ0v) is 9.54. The topological polar surface area (TPSA) is 26.0 Å². The molecule has 0 amide bonds. The summed E-state index contributed by atoms with van der Waals surface area (Å²) in [4.78, 5) is 0. The van der Waals surface area contributed by atoms with Crippen LogP contribution < -0.4 is 5.73 Å². The molecule has 0 unspecified atom stereocenters. The van der Waals surface area contributed by atoms with Gasteiger partial charge in [-0.25, -0.2) is 4.39 Å². The molecule has 2 aromatic carbocycles. The van der Waals surface area contributed by atoms with Gasteiger partial charge >= 0.3 is 0 Å². The Bertz CT molecular complexity index is 575. The van der Waals surface area contributed by atoms with Gasteiger partial charge in [-0.05, 0) is 42.0 Å². The van der Waals surface area contributed by atoms with E-state index in [-0.39, 0.29) is 11.5 Å². The van der Waals surface area contributed by atoms with Crippen LogP contribution in [0.2, 0.25) is 0 Å². The van der Waals surface area contributed by atoms with E-state index in [4.69, 9.17) is 5.73 Å². The third kappa shape index (κ3) is 1.70. The number of benzene rings is 2. The molecule has 2 heteroatoms. The Morgan fingerprint density at radius 3 is 2.71 bits per heavy atom. The highest BCUT2D eigenvalue weighted by molar-refractivity contribution is 5.77. The highest BCUT2D eigenvalue weighted by atomic mass is 19.1. The van der Waals surface area contributed by atoms with E-state index in [1.165, 1.54) is 23.6 Å². The van der Waals surface area contributed by atoms with E-state index in [0.29, 0.717) is 0 Å². The Morgan fingerprint density at radius 1 is 1.00 bits per heavy atom. The molecule has 0 radical (unpaired) electrons. The molecule has 17 heavy (non-hydrogen) atoms. The molecule has 3 rings (SSSR count). The first-order valence-electron chi connectivity index (χ1n) is 5.92. The predicted molar refractivity (Wildman–Crippen MR) is 68.3 cm³/mol. The number of hydrogen-bond acceptors (Lipinski definition) is 1. The van der Waals surface area contributed by atoms with E-state index < -0.39 is 0 Å². The third-order valence-corrected chi connectivity index (χ3v) is 3.46. The third-order valence-electron chi connectivity index (χ3n) is 3.46. The highest BCUT2D eigenvalue weighted by Crippen LogP contribution is 2.31. The summed E-state index contributed by atoms with van der Waals surface area (Å²) < 4.78 is 13.4. The minimum absolute atomic E-state index is 0.241. The Morgan fingerprint density at radius 2 is 1.82 bits per heavy atom. The smallest absolute Gasteiger partial charge is 0.146 e. The van der Waals surface area contributed by atoms with Gasteiger partial charge in [-0.15, -0.1) is 0 Å². The van der Waals surface area contributed by atoms with Gasteiger partial charge in [0.05, 0.1) is 5.69 Å². The lowest BCUT2D eigenvalue weighted by atomic mass is 9.99. The molecule has 2 N–H and O–H groups in total. The van der Waals surface area contributed by atoms with Crippen molar-refractivity contribution < 1.29 is 4.39 Å². The first-order chi connectivity index (χ1) is 8.25. The average Bonchev–Trinajstić information content (AvgIpc) is 2.79. The summed E-state index contributed by atoms with van der Waals surface area (Å²) in [5.74, 6) is -0.344. The highest BCUT2D eigenvalue weighted by Gasteiger charge is 2.13. The molecule has 0 spiro atoms. The van der Waals surface area contributed by atoms with Crippen molar-refractivity contribution in [2.24, 2.45) is 0 Å². The van der Waals surface area contributed by atoms with Gasteiger partial charge in [0.2, 0.25) is 0 Å². The van der Waals surface area contributed by atoms with Gasteiger partial charge in [0, 0.05) is 5.56 Å². The monoisotopic (exact) mass is 227 g/mol. The summed E-state index contributed by atoms with van der Waals surface area (Å²) in [6.07, 6.45) is 3.50. The lowest BCUT2D eigenvalue weighted by molar-refractivity contribution is 0.633. The minimum atomic E-state index is -0.344.